The van der Waals surface area contributed by atoms with Crippen molar-refractivity contribution in [1.82, 2.24) is 4.90 Å². The molecule has 0 radical (unpaired) electrons. The third-order valence-corrected chi connectivity index (χ3v) is 6.92. The van der Waals surface area contributed by atoms with Crippen LogP contribution in [0, 0.1) is 13.8 Å². The van der Waals surface area contributed by atoms with E-state index in [9.17, 15) is 4.79 Å². The Morgan fingerprint density at radius 3 is 2.17 bits per heavy atom. The fourth-order valence-electron chi connectivity index (χ4n) is 3.26. The lowest BCUT2D eigenvalue weighted by Crippen LogP contribution is -2.44. The molecule has 5 nitrogen and oxygen atoms in total. The number of ether oxygens (including phenoxy) is 1. The van der Waals surface area contributed by atoms with Gasteiger partial charge in [-0.05, 0) is 50.2 Å². The zero-order valence-corrected chi connectivity index (χ0v) is 20.0. The van der Waals surface area contributed by atoms with Crippen LogP contribution < -0.4 is 15.0 Å². The Balaban J connectivity index is 1.64. The van der Waals surface area contributed by atoms with E-state index in [2.05, 4.69) is 22.2 Å². The fourth-order valence-corrected chi connectivity index (χ4v) is 4.38. The Labute approximate surface area is 196 Å². The highest BCUT2D eigenvalue weighted by Crippen LogP contribution is 2.42. The quantitative estimate of drug-likeness (QED) is 0.585. The SMILES string of the molecule is Cc1c(Cl)c(C)c(Cl)c(OCC(=O)Nc2ccc(N3CCN(C)CC3)c(Cl)c2)c1Cl. The van der Waals surface area contributed by atoms with Crippen molar-refractivity contribution in [1.29, 1.82) is 0 Å². The van der Waals surface area contributed by atoms with Gasteiger partial charge in [0.05, 0.1) is 20.8 Å². The minimum Gasteiger partial charge on any atom is -0.481 e. The van der Waals surface area contributed by atoms with Crippen LogP contribution in [0.15, 0.2) is 18.2 Å². The van der Waals surface area contributed by atoms with Crippen molar-refractivity contribution >= 4 is 63.7 Å². The van der Waals surface area contributed by atoms with Crippen LogP contribution in [0.1, 0.15) is 11.1 Å². The first-order valence-corrected chi connectivity index (χ1v) is 11.0. The molecule has 1 aliphatic rings. The smallest absolute Gasteiger partial charge is 0.262 e. The lowest BCUT2D eigenvalue weighted by atomic mass is 10.1. The van der Waals surface area contributed by atoms with Crippen molar-refractivity contribution < 1.29 is 9.53 Å². The highest BCUT2D eigenvalue weighted by Gasteiger charge is 2.20. The van der Waals surface area contributed by atoms with Gasteiger partial charge in [-0.25, -0.2) is 0 Å². The molecular weight excluding hydrogens is 468 g/mol. The number of carbonyl (C=O) groups excluding carboxylic acids is 1. The maximum absolute atomic E-state index is 12.4. The number of nitrogens with one attached hydrogen (secondary N) is 1. The molecule has 1 heterocycles. The molecule has 2 aromatic carbocycles. The van der Waals surface area contributed by atoms with Crippen LogP contribution in [0.4, 0.5) is 11.4 Å². The number of nitrogens with zero attached hydrogens (tertiary/aromatic N) is 2. The van der Waals surface area contributed by atoms with Crippen molar-refractivity contribution in [3.63, 3.8) is 0 Å². The van der Waals surface area contributed by atoms with Gasteiger partial charge in [0.2, 0.25) is 0 Å². The summed E-state index contributed by atoms with van der Waals surface area (Å²) in [7, 11) is 2.10. The van der Waals surface area contributed by atoms with E-state index in [0.29, 0.717) is 36.9 Å². The molecule has 3 rings (SSSR count). The molecule has 1 amide bonds. The zero-order valence-electron chi connectivity index (χ0n) is 17.0. The minimum absolute atomic E-state index is 0.247. The molecule has 1 fully saturated rings. The first-order valence-electron chi connectivity index (χ1n) is 9.48. The van der Waals surface area contributed by atoms with Crippen LogP contribution in [0.3, 0.4) is 0 Å². The number of hydrogen-bond acceptors (Lipinski definition) is 4. The highest BCUT2D eigenvalue weighted by atomic mass is 35.5. The van der Waals surface area contributed by atoms with Crippen molar-refractivity contribution in [3.8, 4) is 5.75 Å². The second kappa shape index (κ2) is 9.84. The van der Waals surface area contributed by atoms with Gasteiger partial charge in [0.1, 0.15) is 0 Å². The number of anilines is 2. The first-order chi connectivity index (χ1) is 14.2. The maximum atomic E-state index is 12.4. The number of amides is 1. The summed E-state index contributed by atoms with van der Waals surface area (Å²) >= 11 is 25.2. The van der Waals surface area contributed by atoms with Crippen molar-refractivity contribution in [2.75, 3.05) is 50.1 Å². The van der Waals surface area contributed by atoms with Gasteiger partial charge in [-0.1, -0.05) is 46.4 Å². The Bertz CT molecular complexity index is 931. The number of piperazine rings is 1. The number of hydrogen-bond donors (Lipinski definition) is 1. The van der Waals surface area contributed by atoms with E-state index >= 15 is 0 Å². The number of rotatable bonds is 5. The lowest BCUT2D eigenvalue weighted by molar-refractivity contribution is -0.118. The molecule has 1 saturated heterocycles. The predicted octanol–water partition coefficient (Wildman–Crippen LogP) is 5.69. The second-order valence-electron chi connectivity index (χ2n) is 7.31. The van der Waals surface area contributed by atoms with E-state index in [1.807, 2.05) is 12.1 Å². The van der Waals surface area contributed by atoms with Crippen LogP contribution in [-0.4, -0.2) is 50.6 Å². The lowest BCUT2D eigenvalue weighted by Gasteiger charge is -2.34. The topological polar surface area (TPSA) is 44.8 Å². The normalized spacial score (nSPS) is 14.7. The molecule has 2 aromatic rings. The van der Waals surface area contributed by atoms with E-state index in [1.165, 1.54) is 0 Å². The molecule has 1 aliphatic heterocycles. The summed E-state index contributed by atoms with van der Waals surface area (Å²) in [6, 6.07) is 5.49. The molecule has 0 atom stereocenters. The molecule has 0 unspecified atom stereocenters. The summed E-state index contributed by atoms with van der Waals surface area (Å²) in [5, 5.41) is 4.45. The first kappa shape index (κ1) is 23.3. The summed E-state index contributed by atoms with van der Waals surface area (Å²) < 4.78 is 5.60. The van der Waals surface area contributed by atoms with Gasteiger partial charge in [0, 0.05) is 36.9 Å². The molecular formula is C21H23Cl4N3O2. The standard InChI is InChI=1S/C21H23Cl4N3O2/c1-12-18(23)13(2)20(25)21(19(12)24)30-11-17(29)26-14-4-5-16(15(22)10-14)28-8-6-27(3)7-9-28/h4-5,10H,6-9,11H2,1-3H3,(H,26,29). The number of likely N-dealkylation sites (N-methyl/N-ethyl adjacent to an activating group) is 1. The molecule has 1 N–H and O–H groups in total. The van der Waals surface area contributed by atoms with Crippen molar-refractivity contribution in [2.24, 2.45) is 0 Å². The monoisotopic (exact) mass is 489 g/mol. The summed E-state index contributed by atoms with van der Waals surface area (Å²) in [5.74, 6) is -0.105. The minimum atomic E-state index is -0.351. The van der Waals surface area contributed by atoms with Crippen LogP contribution >= 0.6 is 46.4 Å². The molecule has 0 aromatic heterocycles. The fraction of sp³-hybridized carbons (Fsp3) is 0.381. The molecule has 0 aliphatic carbocycles. The van der Waals surface area contributed by atoms with E-state index in [4.69, 9.17) is 51.1 Å². The average molecular weight is 491 g/mol. The second-order valence-corrected chi connectivity index (χ2v) is 8.86. The van der Waals surface area contributed by atoms with Gasteiger partial charge in [-0.2, -0.15) is 0 Å². The van der Waals surface area contributed by atoms with E-state index in [1.54, 1.807) is 19.9 Å². The highest BCUT2D eigenvalue weighted by molar-refractivity contribution is 6.42. The molecule has 30 heavy (non-hydrogen) atoms. The Morgan fingerprint density at radius 2 is 1.60 bits per heavy atom. The van der Waals surface area contributed by atoms with Crippen LogP contribution in [-0.2, 0) is 4.79 Å². The average Bonchev–Trinajstić information content (AvgIpc) is 2.72. The van der Waals surface area contributed by atoms with Gasteiger partial charge in [-0.3, -0.25) is 4.79 Å². The number of halogens is 4. The van der Waals surface area contributed by atoms with Gasteiger partial charge in [0.25, 0.3) is 5.91 Å². The molecule has 0 bridgehead atoms. The largest absolute Gasteiger partial charge is 0.481 e. The summed E-state index contributed by atoms with van der Waals surface area (Å²) in [6.45, 7) is 7.09. The Hall–Kier alpha value is -1.37. The third-order valence-electron chi connectivity index (χ3n) is 5.14. The van der Waals surface area contributed by atoms with Gasteiger partial charge in [0.15, 0.2) is 12.4 Å². The Kier molecular flexibility index (Phi) is 7.64. The van der Waals surface area contributed by atoms with E-state index in [0.717, 1.165) is 31.9 Å². The summed E-state index contributed by atoms with van der Waals surface area (Å²) in [5.41, 5.74) is 2.86. The van der Waals surface area contributed by atoms with Crippen LogP contribution in [0.5, 0.6) is 5.75 Å². The predicted molar refractivity (Wildman–Crippen MR) is 126 cm³/mol. The summed E-state index contributed by atoms with van der Waals surface area (Å²) in [6.07, 6.45) is 0. The van der Waals surface area contributed by atoms with E-state index in [-0.39, 0.29) is 18.3 Å². The summed E-state index contributed by atoms with van der Waals surface area (Å²) in [4.78, 5) is 16.9. The van der Waals surface area contributed by atoms with E-state index < -0.39 is 0 Å². The number of carbonyl (C=O) groups is 1. The van der Waals surface area contributed by atoms with Crippen LogP contribution in [0.2, 0.25) is 20.1 Å². The molecule has 0 saturated carbocycles. The molecule has 9 heteroatoms. The Morgan fingerprint density at radius 1 is 1.00 bits per heavy atom. The molecule has 0 spiro atoms. The van der Waals surface area contributed by atoms with Crippen molar-refractivity contribution in [2.45, 2.75) is 13.8 Å². The van der Waals surface area contributed by atoms with Gasteiger partial charge >= 0.3 is 0 Å². The molecule has 162 valence electrons. The van der Waals surface area contributed by atoms with Crippen LogP contribution in [0.25, 0.3) is 0 Å². The third kappa shape index (κ3) is 5.09. The number of benzene rings is 2. The maximum Gasteiger partial charge on any atom is 0.262 e. The van der Waals surface area contributed by atoms with Gasteiger partial charge < -0.3 is 19.9 Å². The zero-order chi connectivity index (χ0) is 22.0. The van der Waals surface area contributed by atoms with Gasteiger partial charge in [-0.15, -0.1) is 0 Å². The van der Waals surface area contributed by atoms with Crippen molar-refractivity contribution in [3.05, 3.63) is 49.4 Å².